The number of unbranched alkanes of at least 4 members (excludes halogenated alkanes) is 4. The Hall–Kier alpha value is -0.670. The van der Waals surface area contributed by atoms with Gasteiger partial charge in [-0.3, -0.25) is 9.89 Å². The molecular formula is C15H29N3. The zero-order valence-electron chi connectivity index (χ0n) is 11.9. The standard InChI is InChI=1S/C15H29N3/c1-2-3-4-5-6-7-8-9-10-15-17-12-14-18(15)13-11-16/h5-6,12,15H,2-4,7-11,13-14,16H2,1H3/b6-5+. The summed E-state index contributed by atoms with van der Waals surface area (Å²) in [5.41, 5.74) is 5.60. The smallest absolute Gasteiger partial charge is 0.102 e. The first-order chi connectivity index (χ1) is 8.88. The van der Waals surface area contributed by atoms with Gasteiger partial charge in [-0.05, 0) is 32.1 Å². The topological polar surface area (TPSA) is 41.6 Å². The van der Waals surface area contributed by atoms with Gasteiger partial charge in [-0.2, -0.15) is 0 Å². The van der Waals surface area contributed by atoms with Crippen LogP contribution < -0.4 is 5.73 Å². The Morgan fingerprint density at radius 3 is 2.78 bits per heavy atom. The van der Waals surface area contributed by atoms with E-state index < -0.39 is 0 Å². The molecule has 0 aromatic rings. The van der Waals surface area contributed by atoms with Crippen molar-refractivity contribution >= 4 is 6.21 Å². The molecule has 1 unspecified atom stereocenters. The van der Waals surface area contributed by atoms with E-state index in [1.807, 2.05) is 6.21 Å². The van der Waals surface area contributed by atoms with Gasteiger partial charge in [0.05, 0.1) is 0 Å². The molecule has 0 spiro atoms. The van der Waals surface area contributed by atoms with Crippen LogP contribution in [0.3, 0.4) is 0 Å². The van der Waals surface area contributed by atoms with Crippen molar-refractivity contribution in [3.8, 4) is 0 Å². The fraction of sp³-hybridized carbons (Fsp3) is 0.800. The van der Waals surface area contributed by atoms with Gasteiger partial charge < -0.3 is 5.73 Å². The molecule has 0 aliphatic carbocycles. The SMILES string of the molecule is CCCC/C=C/CCCCC1N=CCN1CCN. The lowest BCUT2D eigenvalue weighted by Crippen LogP contribution is -2.34. The predicted octanol–water partition coefficient (Wildman–Crippen LogP) is 2.96. The molecule has 1 aliphatic rings. The molecule has 0 aromatic heterocycles. The van der Waals surface area contributed by atoms with Gasteiger partial charge in [-0.15, -0.1) is 0 Å². The zero-order valence-corrected chi connectivity index (χ0v) is 11.9. The third-order valence-corrected chi connectivity index (χ3v) is 3.41. The second-order valence-corrected chi connectivity index (χ2v) is 4.99. The molecule has 18 heavy (non-hydrogen) atoms. The Kier molecular flexibility index (Phi) is 8.78. The molecule has 0 amide bonds. The van der Waals surface area contributed by atoms with Crippen molar-refractivity contribution in [3.63, 3.8) is 0 Å². The molecule has 0 fully saturated rings. The molecule has 1 heterocycles. The Bertz CT molecular complexity index is 248. The van der Waals surface area contributed by atoms with Crippen molar-refractivity contribution in [3.05, 3.63) is 12.2 Å². The third-order valence-electron chi connectivity index (χ3n) is 3.41. The molecule has 2 N–H and O–H groups in total. The van der Waals surface area contributed by atoms with Crippen LogP contribution in [-0.4, -0.2) is 36.9 Å². The first kappa shape index (κ1) is 15.4. The molecule has 1 rings (SSSR count). The monoisotopic (exact) mass is 251 g/mol. The Labute approximate surface area is 112 Å². The minimum atomic E-state index is 0.401. The average Bonchev–Trinajstić information content (AvgIpc) is 2.81. The van der Waals surface area contributed by atoms with Crippen LogP contribution in [0, 0.1) is 0 Å². The maximum absolute atomic E-state index is 5.60. The van der Waals surface area contributed by atoms with Crippen molar-refractivity contribution in [2.24, 2.45) is 10.7 Å². The van der Waals surface area contributed by atoms with Gasteiger partial charge in [0.2, 0.25) is 0 Å². The van der Waals surface area contributed by atoms with Crippen LogP contribution in [0.25, 0.3) is 0 Å². The summed E-state index contributed by atoms with van der Waals surface area (Å²) in [7, 11) is 0. The molecule has 104 valence electrons. The second kappa shape index (κ2) is 10.3. The highest BCUT2D eigenvalue weighted by Crippen LogP contribution is 2.14. The average molecular weight is 251 g/mol. The molecule has 0 radical (unpaired) electrons. The quantitative estimate of drug-likeness (QED) is 0.479. The summed E-state index contributed by atoms with van der Waals surface area (Å²) in [4.78, 5) is 6.89. The van der Waals surface area contributed by atoms with Crippen LogP contribution in [-0.2, 0) is 0 Å². The van der Waals surface area contributed by atoms with Crippen molar-refractivity contribution in [1.29, 1.82) is 0 Å². The van der Waals surface area contributed by atoms with E-state index in [9.17, 15) is 0 Å². The molecule has 1 atom stereocenters. The van der Waals surface area contributed by atoms with Gasteiger partial charge in [0.25, 0.3) is 0 Å². The normalized spacial score (nSPS) is 20.2. The lowest BCUT2D eigenvalue weighted by molar-refractivity contribution is 0.242. The van der Waals surface area contributed by atoms with Gasteiger partial charge in [-0.1, -0.05) is 31.9 Å². The fourth-order valence-electron chi connectivity index (χ4n) is 2.30. The van der Waals surface area contributed by atoms with Crippen molar-refractivity contribution in [2.45, 2.75) is 58.0 Å². The van der Waals surface area contributed by atoms with E-state index in [4.69, 9.17) is 5.73 Å². The van der Waals surface area contributed by atoms with E-state index in [2.05, 4.69) is 29.0 Å². The van der Waals surface area contributed by atoms with Crippen LogP contribution in [0.5, 0.6) is 0 Å². The number of nitrogens with zero attached hydrogens (tertiary/aromatic N) is 2. The molecule has 1 aliphatic heterocycles. The minimum Gasteiger partial charge on any atom is -0.329 e. The van der Waals surface area contributed by atoms with Crippen molar-refractivity contribution < 1.29 is 0 Å². The first-order valence-electron chi connectivity index (χ1n) is 7.49. The Morgan fingerprint density at radius 1 is 1.28 bits per heavy atom. The van der Waals surface area contributed by atoms with Gasteiger partial charge in [-0.25, -0.2) is 0 Å². The minimum absolute atomic E-state index is 0.401. The zero-order chi connectivity index (χ0) is 13.1. The molecule has 3 nitrogen and oxygen atoms in total. The third kappa shape index (κ3) is 6.31. The maximum Gasteiger partial charge on any atom is 0.102 e. The number of allylic oxidation sites excluding steroid dienone is 2. The number of hydrogen-bond donors (Lipinski definition) is 1. The molecule has 3 heteroatoms. The maximum atomic E-state index is 5.60. The molecular weight excluding hydrogens is 222 g/mol. The van der Waals surface area contributed by atoms with E-state index in [-0.39, 0.29) is 0 Å². The van der Waals surface area contributed by atoms with Crippen LogP contribution in [0.4, 0.5) is 0 Å². The summed E-state index contributed by atoms with van der Waals surface area (Å²) in [6.45, 7) is 4.93. The highest BCUT2D eigenvalue weighted by Gasteiger charge is 2.18. The summed E-state index contributed by atoms with van der Waals surface area (Å²) in [5, 5.41) is 0. The highest BCUT2D eigenvalue weighted by molar-refractivity contribution is 5.62. The Balaban J connectivity index is 2.00. The van der Waals surface area contributed by atoms with E-state index >= 15 is 0 Å². The summed E-state index contributed by atoms with van der Waals surface area (Å²) >= 11 is 0. The summed E-state index contributed by atoms with van der Waals surface area (Å²) in [6, 6.07) is 0. The lowest BCUT2D eigenvalue weighted by Gasteiger charge is -2.21. The number of aliphatic imine (C=N–C) groups is 1. The first-order valence-corrected chi connectivity index (χ1v) is 7.49. The molecule has 0 bridgehead atoms. The molecule has 0 saturated carbocycles. The summed E-state index contributed by atoms with van der Waals surface area (Å²) in [5.74, 6) is 0. The number of nitrogens with two attached hydrogens (primary N) is 1. The van der Waals surface area contributed by atoms with E-state index in [0.29, 0.717) is 6.17 Å². The van der Waals surface area contributed by atoms with E-state index in [0.717, 1.165) is 19.6 Å². The Morgan fingerprint density at radius 2 is 2.06 bits per heavy atom. The van der Waals surface area contributed by atoms with Crippen LogP contribution in [0.15, 0.2) is 17.1 Å². The van der Waals surface area contributed by atoms with Crippen molar-refractivity contribution in [2.75, 3.05) is 19.6 Å². The van der Waals surface area contributed by atoms with Gasteiger partial charge >= 0.3 is 0 Å². The lowest BCUT2D eigenvalue weighted by atomic mass is 10.1. The number of rotatable bonds is 10. The fourth-order valence-corrected chi connectivity index (χ4v) is 2.30. The second-order valence-electron chi connectivity index (χ2n) is 4.99. The van der Waals surface area contributed by atoms with Crippen molar-refractivity contribution in [1.82, 2.24) is 4.90 Å². The van der Waals surface area contributed by atoms with Crippen LogP contribution in [0.2, 0.25) is 0 Å². The molecule has 0 aromatic carbocycles. The predicted molar refractivity (Wildman–Crippen MR) is 80.0 cm³/mol. The van der Waals surface area contributed by atoms with Gasteiger partial charge in [0.15, 0.2) is 0 Å². The largest absolute Gasteiger partial charge is 0.329 e. The summed E-state index contributed by atoms with van der Waals surface area (Å²) in [6.07, 6.45) is 15.9. The van der Waals surface area contributed by atoms with Crippen LogP contribution in [0.1, 0.15) is 51.9 Å². The molecule has 0 saturated heterocycles. The number of hydrogen-bond acceptors (Lipinski definition) is 3. The van der Waals surface area contributed by atoms with Crippen LogP contribution >= 0.6 is 0 Å². The van der Waals surface area contributed by atoms with E-state index in [1.165, 1.54) is 44.9 Å². The van der Waals surface area contributed by atoms with Gasteiger partial charge in [0, 0.05) is 25.8 Å². The highest BCUT2D eigenvalue weighted by atomic mass is 15.3. The van der Waals surface area contributed by atoms with Gasteiger partial charge in [0.1, 0.15) is 6.17 Å². The summed E-state index contributed by atoms with van der Waals surface area (Å²) < 4.78 is 0. The van der Waals surface area contributed by atoms with E-state index in [1.54, 1.807) is 0 Å².